The highest BCUT2D eigenvalue weighted by Crippen LogP contribution is 2.35. The average molecular weight is 348 g/mol. The zero-order chi connectivity index (χ0) is 17.8. The van der Waals surface area contributed by atoms with E-state index < -0.39 is 0 Å². The average Bonchev–Trinajstić information content (AvgIpc) is 3.52. The van der Waals surface area contributed by atoms with Gasteiger partial charge in [-0.25, -0.2) is 0 Å². The molecular formula is C23H28N2O. The quantitative estimate of drug-likeness (QED) is 0.850. The summed E-state index contributed by atoms with van der Waals surface area (Å²) in [7, 11) is 0. The molecule has 1 heterocycles. The number of carbonyl (C=O) groups is 1. The minimum Gasteiger partial charge on any atom is -0.356 e. The number of likely N-dealkylation sites (tertiary alicyclic amines) is 1. The first-order valence-corrected chi connectivity index (χ1v) is 9.90. The molecule has 0 bridgehead atoms. The number of rotatable bonds is 6. The van der Waals surface area contributed by atoms with Crippen molar-refractivity contribution in [3.8, 4) is 0 Å². The molecule has 3 nitrogen and oxygen atoms in total. The van der Waals surface area contributed by atoms with E-state index in [1.165, 1.54) is 24.0 Å². The van der Waals surface area contributed by atoms with Crippen molar-refractivity contribution in [2.24, 2.45) is 11.8 Å². The van der Waals surface area contributed by atoms with Crippen molar-refractivity contribution >= 4 is 5.91 Å². The number of piperidine rings is 1. The van der Waals surface area contributed by atoms with Gasteiger partial charge in [-0.2, -0.15) is 0 Å². The Bertz CT molecular complexity index is 712. The normalized spacial score (nSPS) is 23.5. The fraction of sp³-hybridized carbons (Fsp3) is 0.435. The third-order valence-corrected chi connectivity index (χ3v) is 5.73. The zero-order valence-corrected chi connectivity index (χ0v) is 15.3. The van der Waals surface area contributed by atoms with Crippen LogP contribution in [0.1, 0.15) is 42.9 Å². The van der Waals surface area contributed by atoms with E-state index in [2.05, 4.69) is 70.9 Å². The summed E-state index contributed by atoms with van der Waals surface area (Å²) in [6, 6.07) is 21.7. The van der Waals surface area contributed by atoms with E-state index in [0.717, 1.165) is 38.4 Å². The van der Waals surface area contributed by atoms with Gasteiger partial charge in [0.2, 0.25) is 5.91 Å². The number of carbonyl (C=O) groups excluding carboxylic acids is 1. The van der Waals surface area contributed by atoms with Crippen molar-refractivity contribution in [3.05, 3.63) is 71.8 Å². The Morgan fingerprint density at radius 3 is 2.31 bits per heavy atom. The minimum atomic E-state index is 0.109. The lowest BCUT2D eigenvalue weighted by Gasteiger charge is -2.39. The number of nitrogens with one attached hydrogen (secondary N) is 1. The van der Waals surface area contributed by atoms with Crippen LogP contribution < -0.4 is 5.32 Å². The Labute approximate surface area is 156 Å². The van der Waals surface area contributed by atoms with Gasteiger partial charge >= 0.3 is 0 Å². The van der Waals surface area contributed by atoms with Crippen LogP contribution in [0.5, 0.6) is 0 Å². The maximum atomic E-state index is 12.6. The third kappa shape index (κ3) is 4.34. The van der Waals surface area contributed by atoms with Crippen molar-refractivity contribution in [2.75, 3.05) is 13.1 Å². The minimum absolute atomic E-state index is 0.109. The molecule has 1 saturated carbocycles. The molecule has 2 aliphatic rings. The summed E-state index contributed by atoms with van der Waals surface area (Å²) in [5.74, 6) is 1.10. The highest BCUT2D eigenvalue weighted by molar-refractivity contribution is 5.79. The van der Waals surface area contributed by atoms with Gasteiger partial charge in [-0.3, -0.25) is 9.69 Å². The van der Waals surface area contributed by atoms with Gasteiger partial charge in [0, 0.05) is 25.7 Å². The van der Waals surface area contributed by atoms with E-state index in [1.54, 1.807) is 0 Å². The first-order chi connectivity index (χ1) is 12.8. The molecular weight excluding hydrogens is 320 g/mol. The highest BCUT2D eigenvalue weighted by atomic mass is 16.1. The molecule has 1 saturated heterocycles. The van der Waals surface area contributed by atoms with Crippen LogP contribution in [0.15, 0.2) is 60.7 Å². The molecule has 2 fully saturated rings. The summed E-state index contributed by atoms with van der Waals surface area (Å²) in [4.78, 5) is 15.1. The van der Waals surface area contributed by atoms with Gasteiger partial charge in [0.25, 0.3) is 0 Å². The molecule has 1 aliphatic carbocycles. The van der Waals surface area contributed by atoms with Gasteiger partial charge in [0.1, 0.15) is 0 Å². The van der Waals surface area contributed by atoms with E-state index in [0.29, 0.717) is 6.04 Å². The van der Waals surface area contributed by atoms with Crippen LogP contribution in [0.4, 0.5) is 0 Å². The number of hydrogen-bond donors (Lipinski definition) is 1. The molecule has 1 N–H and O–H groups in total. The van der Waals surface area contributed by atoms with Crippen molar-refractivity contribution in [2.45, 2.75) is 38.3 Å². The fourth-order valence-electron chi connectivity index (χ4n) is 4.01. The highest BCUT2D eigenvalue weighted by Gasteiger charge is 2.33. The van der Waals surface area contributed by atoms with E-state index in [1.807, 2.05) is 0 Å². The van der Waals surface area contributed by atoms with E-state index in [4.69, 9.17) is 0 Å². The fourth-order valence-corrected chi connectivity index (χ4v) is 4.01. The molecule has 1 aliphatic heterocycles. The molecule has 0 radical (unpaired) electrons. The maximum Gasteiger partial charge on any atom is 0.224 e. The maximum absolute atomic E-state index is 12.6. The molecule has 4 rings (SSSR count). The monoisotopic (exact) mass is 348 g/mol. The summed E-state index contributed by atoms with van der Waals surface area (Å²) in [6.45, 7) is 2.61. The van der Waals surface area contributed by atoms with Gasteiger partial charge in [-0.15, -0.1) is 0 Å². The molecule has 2 aromatic rings. The zero-order valence-electron chi connectivity index (χ0n) is 15.3. The third-order valence-electron chi connectivity index (χ3n) is 5.73. The Morgan fingerprint density at radius 1 is 0.923 bits per heavy atom. The molecule has 2 aromatic carbocycles. The van der Waals surface area contributed by atoms with Gasteiger partial charge in [0.15, 0.2) is 0 Å². The summed E-state index contributed by atoms with van der Waals surface area (Å²) in [5, 5.41) is 3.19. The first kappa shape index (κ1) is 17.3. The number of amides is 1. The van der Waals surface area contributed by atoms with Gasteiger partial charge in [-0.1, -0.05) is 60.7 Å². The lowest BCUT2D eigenvalue weighted by molar-refractivity contribution is -0.127. The summed E-state index contributed by atoms with van der Waals surface area (Å²) in [6.07, 6.45) is 4.57. The van der Waals surface area contributed by atoms with Gasteiger partial charge in [-0.05, 0) is 42.7 Å². The molecule has 0 spiro atoms. The largest absolute Gasteiger partial charge is 0.356 e. The SMILES string of the molecule is O=C(NCC1CC1)[C@@H]1CC[C@@H](c2ccccc2)N(Cc2ccccc2)C1. The molecule has 0 aromatic heterocycles. The topological polar surface area (TPSA) is 32.3 Å². The van der Waals surface area contributed by atoms with Crippen molar-refractivity contribution < 1.29 is 4.79 Å². The van der Waals surface area contributed by atoms with Crippen molar-refractivity contribution in [3.63, 3.8) is 0 Å². The Kier molecular flexibility index (Phi) is 5.35. The van der Waals surface area contributed by atoms with E-state index >= 15 is 0 Å². The number of benzene rings is 2. The lowest BCUT2D eigenvalue weighted by atomic mass is 9.88. The summed E-state index contributed by atoms with van der Waals surface area (Å²) in [5.41, 5.74) is 2.67. The smallest absolute Gasteiger partial charge is 0.224 e. The lowest BCUT2D eigenvalue weighted by Crippen LogP contribution is -2.44. The van der Waals surface area contributed by atoms with Crippen LogP contribution in [-0.4, -0.2) is 23.9 Å². The molecule has 3 heteroatoms. The van der Waals surface area contributed by atoms with Crippen LogP contribution >= 0.6 is 0 Å². The molecule has 136 valence electrons. The van der Waals surface area contributed by atoms with Crippen molar-refractivity contribution in [1.82, 2.24) is 10.2 Å². The summed E-state index contributed by atoms with van der Waals surface area (Å²) < 4.78 is 0. The van der Waals surface area contributed by atoms with Gasteiger partial charge < -0.3 is 5.32 Å². The number of nitrogens with zero attached hydrogens (tertiary/aromatic N) is 1. The van der Waals surface area contributed by atoms with Crippen LogP contribution in [0, 0.1) is 11.8 Å². The Hall–Kier alpha value is -2.13. The Balaban J connectivity index is 1.47. The van der Waals surface area contributed by atoms with Crippen LogP contribution in [0.3, 0.4) is 0 Å². The molecule has 0 unspecified atom stereocenters. The second-order valence-corrected chi connectivity index (χ2v) is 7.80. The molecule has 1 amide bonds. The number of hydrogen-bond acceptors (Lipinski definition) is 2. The Morgan fingerprint density at radius 2 is 1.62 bits per heavy atom. The van der Waals surface area contributed by atoms with Crippen LogP contribution in [-0.2, 0) is 11.3 Å². The second kappa shape index (κ2) is 8.05. The standard InChI is InChI=1S/C23H28N2O/c26-23(24-15-18-11-12-18)21-13-14-22(20-9-5-2-6-10-20)25(17-21)16-19-7-3-1-4-8-19/h1-10,18,21-22H,11-17H2,(H,24,26)/t21-,22+/m1/s1. The first-order valence-electron chi connectivity index (χ1n) is 9.90. The van der Waals surface area contributed by atoms with Crippen LogP contribution in [0.25, 0.3) is 0 Å². The summed E-state index contributed by atoms with van der Waals surface area (Å²) >= 11 is 0. The molecule has 2 atom stereocenters. The van der Waals surface area contributed by atoms with Crippen LogP contribution in [0.2, 0.25) is 0 Å². The second-order valence-electron chi connectivity index (χ2n) is 7.80. The van der Waals surface area contributed by atoms with Crippen molar-refractivity contribution in [1.29, 1.82) is 0 Å². The predicted molar refractivity (Wildman–Crippen MR) is 104 cm³/mol. The van der Waals surface area contributed by atoms with Gasteiger partial charge in [0.05, 0.1) is 5.92 Å². The van der Waals surface area contributed by atoms with E-state index in [-0.39, 0.29) is 11.8 Å². The predicted octanol–water partition coefficient (Wildman–Crippen LogP) is 4.17. The molecule has 26 heavy (non-hydrogen) atoms. The van der Waals surface area contributed by atoms with E-state index in [9.17, 15) is 4.79 Å².